The number of carboxylic acid groups (broad SMARTS) is 1. The number of fused-ring (bicyclic) bond motifs is 1. The fraction of sp³-hybridized carbons (Fsp3) is 0.0385. The zero-order chi connectivity index (χ0) is 24.5. The number of benzene rings is 2. The Bertz CT molecular complexity index is 1600. The molecule has 0 unspecified atom stereocenters. The second kappa shape index (κ2) is 9.00. The smallest absolute Gasteiger partial charge is 0.337 e. The number of nitrogens with zero attached hydrogens (tertiary/aromatic N) is 3. The average molecular weight is 487 g/mol. The number of hydrogen-bond acceptors (Lipinski definition) is 6. The molecular weight excluding hydrogens is 470 g/mol. The van der Waals surface area contributed by atoms with Gasteiger partial charge in [-0.1, -0.05) is 35.5 Å². The molecular formula is C26H17ClN3O5-. The van der Waals surface area contributed by atoms with Gasteiger partial charge in [0.1, 0.15) is 28.6 Å². The fourth-order valence-electron chi connectivity index (χ4n) is 3.66. The number of pyridine rings is 1. The van der Waals surface area contributed by atoms with Crippen LogP contribution in [-0.4, -0.2) is 33.8 Å². The average Bonchev–Trinajstić information content (AvgIpc) is 3.48. The Morgan fingerprint density at radius 1 is 1.14 bits per heavy atom. The predicted molar refractivity (Wildman–Crippen MR) is 130 cm³/mol. The highest BCUT2D eigenvalue weighted by molar-refractivity contribution is 6.33. The minimum Gasteiger partial charge on any atom is -0.870 e. The van der Waals surface area contributed by atoms with Crippen LogP contribution in [0, 0.1) is 0 Å². The molecule has 0 saturated heterocycles. The highest BCUT2D eigenvalue weighted by Gasteiger charge is 2.15. The number of carbonyl (C=O) groups is 1. The minimum absolute atomic E-state index is 0.00863. The molecule has 0 aliphatic rings. The molecule has 0 bridgehead atoms. The highest BCUT2D eigenvalue weighted by atomic mass is 35.5. The van der Waals surface area contributed by atoms with Gasteiger partial charge in [-0.25, -0.2) is 14.8 Å². The molecule has 35 heavy (non-hydrogen) atoms. The number of hydrogen-bond donors (Lipinski definition) is 1. The van der Waals surface area contributed by atoms with Crippen molar-refractivity contribution in [1.29, 1.82) is 0 Å². The molecule has 0 aliphatic carbocycles. The summed E-state index contributed by atoms with van der Waals surface area (Å²) in [6.45, 7) is 0. The van der Waals surface area contributed by atoms with E-state index in [9.17, 15) is 15.0 Å². The first-order chi connectivity index (χ1) is 16.9. The summed E-state index contributed by atoms with van der Waals surface area (Å²) >= 11 is 5.97. The van der Waals surface area contributed by atoms with E-state index in [0.29, 0.717) is 39.8 Å². The lowest BCUT2D eigenvalue weighted by atomic mass is 10.1. The van der Waals surface area contributed by atoms with Crippen LogP contribution in [0.25, 0.3) is 28.2 Å². The fourth-order valence-corrected chi connectivity index (χ4v) is 3.86. The minimum atomic E-state index is -1.12. The summed E-state index contributed by atoms with van der Waals surface area (Å²) in [5.41, 5.74) is 2.50. The van der Waals surface area contributed by atoms with E-state index in [4.69, 9.17) is 20.8 Å². The number of aromatic carboxylic acids is 1. The Morgan fingerprint density at radius 3 is 2.77 bits per heavy atom. The van der Waals surface area contributed by atoms with Crippen molar-refractivity contribution in [3.8, 4) is 34.1 Å². The molecule has 2 aromatic carbocycles. The predicted octanol–water partition coefficient (Wildman–Crippen LogP) is 5.45. The SMILES string of the molecule is COc1cc(-c2nc3ccccn3c2N=Cc2ccc(-c3ccc(Cl)c(C(=O)O)c3)o2)ccc1[O-]. The lowest BCUT2D eigenvalue weighted by Crippen LogP contribution is -1.97. The van der Waals surface area contributed by atoms with Crippen molar-refractivity contribution in [3.63, 3.8) is 0 Å². The lowest BCUT2D eigenvalue weighted by Gasteiger charge is -2.12. The summed E-state index contributed by atoms with van der Waals surface area (Å²) in [4.78, 5) is 20.7. The zero-order valence-electron chi connectivity index (χ0n) is 18.3. The number of methoxy groups -OCH3 is 1. The van der Waals surface area contributed by atoms with Crippen LogP contribution in [0.4, 0.5) is 5.82 Å². The largest absolute Gasteiger partial charge is 0.870 e. The Morgan fingerprint density at radius 2 is 1.97 bits per heavy atom. The third kappa shape index (κ3) is 4.22. The maximum atomic E-state index is 12.0. The molecule has 0 fully saturated rings. The number of furan rings is 1. The van der Waals surface area contributed by atoms with Crippen molar-refractivity contribution in [2.24, 2.45) is 4.99 Å². The number of halogens is 1. The van der Waals surface area contributed by atoms with E-state index in [0.717, 1.165) is 0 Å². The van der Waals surface area contributed by atoms with Crippen molar-refractivity contribution >= 4 is 35.2 Å². The van der Waals surface area contributed by atoms with Gasteiger partial charge in [0.05, 0.1) is 23.9 Å². The van der Waals surface area contributed by atoms with Gasteiger partial charge in [-0.3, -0.25) is 4.40 Å². The number of ether oxygens (including phenoxy) is 1. The van der Waals surface area contributed by atoms with Gasteiger partial charge in [0.15, 0.2) is 5.82 Å². The van der Waals surface area contributed by atoms with Crippen LogP contribution in [0.1, 0.15) is 16.1 Å². The Balaban J connectivity index is 1.53. The molecule has 5 rings (SSSR count). The summed E-state index contributed by atoms with van der Waals surface area (Å²) in [5, 5.41) is 21.4. The summed E-state index contributed by atoms with van der Waals surface area (Å²) in [7, 11) is 1.44. The summed E-state index contributed by atoms with van der Waals surface area (Å²) < 4.78 is 12.9. The molecule has 9 heteroatoms. The standard InChI is InChI=1S/C26H18ClN3O5/c1-34-22-13-16(6-9-20(22)31)24-25(30-11-3-2-4-23(30)29-24)28-14-17-7-10-21(35-17)15-5-8-19(27)18(12-15)26(32)33/h2-14,31H,1H3,(H,32,33)/p-1. The molecule has 3 aromatic heterocycles. The Labute approximate surface area is 204 Å². The van der Waals surface area contributed by atoms with Crippen LogP contribution in [0.2, 0.25) is 5.02 Å². The topological polar surface area (TPSA) is 112 Å². The van der Waals surface area contributed by atoms with Gasteiger partial charge in [0.2, 0.25) is 0 Å². The number of rotatable bonds is 6. The van der Waals surface area contributed by atoms with Crippen LogP contribution >= 0.6 is 11.6 Å². The van der Waals surface area contributed by atoms with E-state index in [1.54, 1.807) is 36.5 Å². The van der Waals surface area contributed by atoms with Gasteiger partial charge in [-0.15, -0.1) is 0 Å². The molecule has 174 valence electrons. The molecule has 0 atom stereocenters. The number of imidazole rings is 1. The number of carboxylic acids is 1. The molecule has 1 N–H and O–H groups in total. The van der Waals surface area contributed by atoms with Gasteiger partial charge in [0.25, 0.3) is 0 Å². The molecule has 0 saturated carbocycles. The van der Waals surface area contributed by atoms with Crippen molar-refractivity contribution in [3.05, 3.63) is 89.3 Å². The first kappa shape index (κ1) is 22.2. The van der Waals surface area contributed by atoms with Crippen LogP contribution < -0.4 is 9.84 Å². The van der Waals surface area contributed by atoms with E-state index < -0.39 is 5.97 Å². The van der Waals surface area contributed by atoms with E-state index >= 15 is 0 Å². The van der Waals surface area contributed by atoms with E-state index in [-0.39, 0.29) is 22.1 Å². The highest BCUT2D eigenvalue weighted by Crippen LogP contribution is 2.35. The van der Waals surface area contributed by atoms with Crippen molar-refractivity contribution in [2.45, 2.75) is 0 Å². The molecule has 0 radical (unpaired) electrons. The zero-order valence-corrected chi connectivity index (χ0v) is 19.1. The maximum Gasteiger partial charge on any atom is 0.337 e. The number of aromatic nitrogens is 2. The van der Waals surface area contributed by atoms with E-state index in [1.165, 1.54) is 25.3 Å². The first-order valence-corrected chi connectivity index (χ1v) is 10.8. The third-order valence-electron chi connectivity index (χ3n) is 5.36. The van der Waals surface area contributed by atoms with E-state index in [1.807, 2.05) is 28.8 Å². The molecule has 8 nitrogen and oxygen atoms in total. The summed E-state index contributed by atoms with van der Waals surface area (Å²) in [6.07, 6.45) is 3.39. The quantitative estimate of drug-likeness (QED) is 0.319. The van der Waals surface area contributed by atoms with Gasteiger partial charge in [-0.2, -0.15) is 0 Å². The van der Waals surface area contributed by atoms with Gasteiger partial charge < -0.3 is 19.4 Å². The Hall–Kier alpha value is -4.56. The van der Waals surface area contributed by atoms with Gasteiger partial charge >= 0.3 is 5.97 Å². The van der Waals surface area contributed by atoms with Crippen LogP contribution in [0.3, 0.4) is 0 Å². The van der Waals surface area contributed by atoms with Gasteiger partial charge in [-0.05, 0) is 48.5 Å². The van der Waals surface area contributed by atoms with Crippen molar-refractivity contribution in [2.75, 3.05) is 7.11 Å². The molecule has 5 aromatic rings. The molecule has 0 amide bonds. The summed E-state index contributed by atoms with van der Waals surface area (Å²) in [6, 6.07) is 18.4. The van der Waals surface area contributed by atoms with E-state index in [2.05, 4.69) is 9.98 Å². The summed E-state index contributed by atoms with van der Waals surface area (Å²) in [5.74, 6) is 0.345. The maximum absolute atomic E-state index is 12.0. The molecule has 0 aliphatic heterocycles. The monoisotopic (exact) mass is 486 g/mol. The molecule has 0 spiro atoms. The van der Waals surface area contributed by atoms with Gasteiger partial charge in [0, 0.05) is 17.3 Å². The number of aliphatic imine (C=N–C) groups is 1. The second-order valence-corrected chi connectivity index (χ2v) is 7.95. The lowest BCUT2D eigenvalue weighted by molar-refractivity contribution is -0.270. The Kier molecular flexibility index (Phi) is 5.72. The second-order valence-electron chi connectivity index (χ2n) is 7.54. The normalized spacial score (nSPS) is 11.4. The van der Waals surface area contributed by atoms with Crippen LogP contribution in [0.15, 0.2) is 82.3 Å². The molecule has 3 heterocycles. The van der Waals surface area contributed by atoms with Crippen LogP contribution in [-0.2, 0) is 0 Å². The van der Waals surface area contributed by atoms with Crippen molar-refractivity contribution in [1.82, 2.24) is 9.38 Å². The van der Waals surface area contributed by atoms with Crippen LogP contribution in [0.5, 0.6) is 11.5 Å². The first-order valence-electron chi connectivity index (χ1n) is 10.4. The third-order valence-corrected chi connectivity index (χ3v) is 5.69. The van der Waals surface area contributed by atoms with Crippen molar-refractivity contribution < 1.29 is 24.2 Å².